The zero-order chi connectivity index (χ0) is 13.8. The number of benzene rings is 2. The summed E-state index contributed by atoms with van der Waals surface area (Å²) in [6.45, 7) is 0. The van der Waals surface area contributed by atoms with Crippen LogP contribution in [0.25, 0.3) is 0 Å². The van der Waals surface area contributed by atoms with E-state index in [2.05, 4.69) is 5.32 Å². The van der Waals surface area contributed by atoms with Crippen LogP contribution in [0.2, 0.25) is 0 Å². The second-order valence-corrected chi connectivity index (χ2v) is 4.03. The van der Waals surface area contributed by atoms with E-state index < -0.39 is 11.8 Å². The fourth-order valence-corrected chi connectivity index (χ4v) is 1.52. The van der Waals surface area contributed by atoms with Crippen molar-refractivity contribution in [2.45, 2.75) is 0 Å². The minimum absolute atomic E-state index is 0.373. The number of hydrogen-bond acceptors (Lipinski definition) is 4. The van der Waals surface area contributed by atoms with Gasteiger partial charge in [0.05, 0.1) is 0 Å². The van der Waals surface area contributed by atoms with E-state index in [4.69, 9.17) is 11.5 Å². The molecule has 19 heavy (non-hydrogen) atoms. The predicted molar refractivity (Wildman–Crippen MR) is 73.5 cm³/mol. The Balaban J connectivity index is 2.08. The molecule has 0 heterocycles. The molecule has 0 atom stereocenters. The van der Waals surface area contributed by atoms with E-state index in [9.17, 15) is 9.59 Å². The van der Waals surface area contributed by atoms with Crippen molar-refractivity contribution in [1.82, 2.24) is 5.32 Å². The molecule has 5 nitrogen and oxygen atoms in total. The van der Waals surface area contributed by atoms with Gasteiger partial charge in [-0.05, 0) is 48.5 Å². The molecule has 0 radical (unpaired) electrons. The number of nitrogens with two attached hydrogens (primary N) is 2. The molecular weight excluding hydrogens is 242 g/mol. The molecular formula is C14H13N3O2. The summed E-state index contributed by atoms with van der Waals surface area (Å²) in [6.07, 6.45) is 0. The van der Waals surface area contributed by atoms with Gasteiger partial charge < -0.3 is 11.5 Å². The summed E-state index contributed by atoms with van der Waals surface area (Å²) in [5, 5.41) is 2.29. The van der Waals surface area contributed by atoms with Crippen molar-refractivity contribution in [2.75, 3.05) is 11.5 Å². The molecule has 0 saturated heterocycles. The summed E-state index contributed by atoms with van der Waals surface area (Å²) < 4.78 is 0. The van der Waals surface area contributed by atoms with E-state index in [1.807, 2.05) is 0 Å². The van der Waals surface area contributed by atoms with E-state index >= 15 is 0 Å². The van der Waals surface area contributed by atoms with Crippen molar-refractivity contribution in [3.05, 3.63) is 59.7 Å². The van der Waals surface area contributed by atoms with Crippen LogP contribution in [0.4, 0.5) is 11.4 Å². The Kier molecular flexibility index (Phi) is 3.47. The molecule has 0 aliphatic heterocycles. The number of amides is 2. The molecule has 0 aliphatic carbocycles. The van der Waals surface area contributed by atoms with Crippen LogP contribution in [-0.2, 0) is 0 Å². The Morgan fingerprint density at radius 2 is 1.00 bits per heavy atom. The molecule has 0 aromatic heterocycles. The van der Waals surface area contributed by atoms with Crippen LogP contribution in [0, 0.1) is 0 Å². The van der Waals surface area contributed by atoms with Crippen LogP contribution in [-0.4, -0.2) is 11.8 Å². The third kappa shape index (κ3) is 3.10. The van der Waals surface area contributed by atoms with Crippen molar-refractivity contribution >= 4 is 23.2 Å². The second-order valence-electron chi connectivity index (χ2n) is 4.03. The minimum atomic E-state index is -0.471. The van der Waals surface area contributed by atoms with Crippen molar-refractivity contribution in [3.8, 4) is 0 Å². The predicted octanol–water partition coefficient (Wildman–Crippen LogP) is 1.42. The first kappa shape index (κ1) is 12.6. The Bertz CT molecular complexity index is 548. The third-order valence-corrected chi connectivity index (χ3v) is 2.57. The Labute approximate surface area is 110 Å². The maximum absolute atomic E-state index is 11.8. The molecule has 0 saturated carbocycles. The van der Waals surface area contributed by atoms with Crippen LogP contribution < -0.4 is 16.8 Å². The van der Waals surface area contributed by atoms with Gasteiger partial charge in [-0.25, -0.2) is 0 Å². The summed E-state index contributed by atoms with van der Waals surface area (Å²) in [5.41, 5.74) is 12.9. The maximum Gasteiger partial charge on any atom is 0.258 e. The fourth-order valence-electron chi connectivity index (χ4n) is 1.52. The van der Waals surface area contributed by atoms with Gasteiger partial charge in [0.1, 0.15) is 0 Å². The monoisotopic (exact) mass is 255 g/mol. The van der Waals surface area contributed by atoms with E-state index in [1.54, 1.807) is 48.5 Å². The molecule has 5 heteroatoms. The highest BCUT2D eigenvalue weighted by Crippen LogP contribution is 2.07. The number of carbonyl (C=O) groups excluding carboxylic acids is 2. The quantitative estimate of drug-likeness (QED) is 0.558. The van der Waals surface area contributed by atoms with Crippen molar-refractivity contribution in [2.24, 2.45) is 0 Å². The summed E-state index contributed by atoms with van der Waals surface area (Å²) in [7, 11) is 0. The van der Waals surface area contributed by atoms with Crippen molar-refractivity contribution < 1.29 is 9.59 Å². The lowest BCUT2D eigenvalue weighted by molar-refractivity contribution is 0.0849. The molecule has 2 amide bonds. The van der Waals surface area contributed by atoms with Crippen LogP contribution in [0.15, 0.2) is 48.5 Å². The highest BCUT2D eigenvalue weighted by atomic mass is 16.2. The number of nitrogens with one attached hydrogen (secondary N) is 1. The van der Waals surface area contributed by atoms with Gasteiger partial charge in [-0.3, -0.25) is 14.9 Å². The smallest absolute Gasteiger partial charge is 0.258 e. The standard InChI is InChI=1S/C14H13N3O2/c15-11-5-1-9(2-6-11)13(18)17-14(19)10-3-7-12(16)8-4-10/h1-8H,15-16H2,(H,17,18,19). The summed E-state index contributed by atoms with van der Waals surface area (Å²) in [5.74, 6) is -0.941. The molecule has 0 spiro atoms. The van der Waals surface area contributed by atoms with Gasteiger partial charge >= 0.3 is 0 Å². The molecule has 5 N–H and O–H groups in total. The lowest BCUT2D eigenvalue weighted by Gasteiger charge is -2.05. The number of rotatable bonds is 2. The first-order valence-electron chi connectivity index (χ1n) is 5.63. The van der Waals surface area contributed by atoms with E-state index in [0.717, 1.165) is 0 Å². The highest BCUT2D eigenvalue weighted by molar-refractivity contribution is 6.10. The van der Waals surface area contributed by atoms with Crippen LogP contribution in [0.1, 0.15) is 20.7 Å². The fraction of sp³-hybridized carbons (Fsp3) is 0. The molecule has 0 unspecified atom stereocenters. The lowest BCUT2D eigenvalue weighted by atomic mass is 10.1. The zero-order valence-electron chi connectivity index (χ0n) is 10.1. The van der Waals surface area contributed by atoms with Gasteiger partial charge in [-0.1, -0.05) is 0 Å². The molecule has 2 aromatic carbocycles. The summed E-state index contributed by atoms with van der Waals surface area (Å²) in [6, 6.07) is 12.6. The van der Waals surface area contributed by atoms with Gasteiger partial charge in [0.15, 0.2) is 0 Å². The van der Waals surface area contributed by atoms with E-state index in [-0.39, 0.29) is 0 Å². The largest absolute Gasteiger partial charge is 0.399 e. The van der Waals surface area contributed by atoms with E-state index in [1.165, 1.54) is 0 Å². The van der Waals surface area contributed by atoms with Gasteiger partial charge in [-0.2, -0.15) is 0 Å². The Morgan fingerprint density at radius 3 is 1.32 bits per heavy atom. The SMILES string of the molecule is Nc1ccc(C(=O)NC(=O)c2ccc(N)cc2)cc1. The summed E-state index contributed by atoms with van der Waals surface area (Å²) >= 11 is 0. The van der Waals surface area contributed by atoms with E-state index in [0.29, 0.717) is 22.5 Å². The molecule has 0 aliphatic rings. The first-order chi connectivity index (χ1) is 9.06. The van der Waals surface area contributed by atoms with Crippen LogP contribution in [0.3, 0.4) is 0 Å². The number of carbonyl (C=O) groups is 2. The van der Waals surface area contributed by atoms with Gasteiger partial charge in [-0.15, -0.1) is 0 Å². The summed E-state index contributed by atoms with van der Waals surface area (Å²) in [4.78, 5) is 23.6. The molecule has 0 bridgehead atoms. The number of imide groups is 1. The highest BCUT2D eigenvalue weighted by Gasteiger charge is 2.11. The number of anilines is 2. The maximum atomic E-state index is 11.8. The van der Waals surface area contributed by atoms with Gasteiger partial charge in [0.2, 0.25) is 0 Å². The number of nitrogen functional groups attached to an aromatic ring is 2. The van der Waals surface area contributed by atoms with Gasteiger partial charge in [0, 0.05) is 22.5 Å². The second kappa shape index (κ2) is 5.22. The number of hydrogen-bond donors (Lipinski definition) is 3. The molecule has 2 aromatic rings. The first-order valence-corrected chi connectivity index (χ1v) is 5.63. The minimum Gasteiger partial charge on any atom is -0.399 e. The molecule has 0 fully saturated rings. The normalized spacial score (nSPS) is 9.89. The Morgan fingerprint density at radius 1 is 0.684 bits per heavy atom. The van der Waals surface area contributed by atoms with Crippen molar-refractivity contribution in [1.29, 1.82) is 0 Å². The van der Waals surface area contributed by atoms with Crippen LogP contribution >= 0.6 is 0 Å². The van der Waals surface area contributed by atoms with Crippen molar-refractivity contribution in [3.63, 3.8) is 0 Å². The van der Waals surface area contributed by atoms with Gasteiger partial charge in [0.25, 0.3) is 11.8 Å². The molecule has 96 valence electrons. The van der Waals surface area contributed by atoms with Crippen LogP contribution in [0.5, 0.6) is 0 Å². The Hall–Kier alpha value is -2.82. The molecule has 2 rings (SSSR count). The topological polar surface area (TPSA) is 98.2 Å². The lowest BCUT2D eigenvalue weighted by Crippen LogP contribution is -2.30. The third-order valence-electron chi connectivity index (χ3n) is 2.57. The average Bonchev–Trinajstić information content (AvgIpc) is 2.40. The zero-order valence-corrected chi connectivity index (χ0v) is 10.1. The average molecular weight is 255 g/mol.